The fourth-order valence-corrected chi connectivity index (χ4v) is 4.59. The second kappa shape index (κ2) is 9.02. The van der Waals surface area contributed by atoms with Gasteiger partial charge in [-0.05, 0) is 25.3 Å². The zero-order valence-electron chi connectivity index (χ0n) is 18.7. The third-order valence-electron chi connectivity index (χ3n) is 6.40. The monoisotopic (exact) mass is 441 g/mol. The first-order chi connectivity index (χ1) is 16.1. The molecule has 0 unspecified atom stereocenters. The predicted molar refractivity (Wildman–Crippen MR) is 127 cm³/mol. The van der Waals surface area contributed by atoms with Crippen LogP contribution in [0.2, 0.25) is 0 Å². The maximum absolute atomic E-state index is 13.4. The fourth-order valence-electron chi connectivity index (χ4n) is 4.59. The van der Waals surface area contributed by atoms with Gasteiger partial charge >= 0.3 is 0 Å². The van der Waals surface area contributed by atoms with Gasteiger partial charge in [0.05, 0.1) is 13.0 Å². The van der Waals surface area contributed by atoms with Gasteiger partial charge in [-0.3, -0.25) is 9.59 Å². The van der Waals surface area contributed by atoms with Gasteiger partial charge in [-0.1, -0.05) is 73.5 Å². The van der Waals surface area contributed by atoms with Gasteiger partial charge in [-0.25, -0.2) is 0 Å². The van der Waals surface area contributed by atoms with Gasteiger partial charge in [-0.15, -0.1) is 5.10 Å². The Kier molecular flexibility index (Phi) is 5.77. The minimum Gasteiger partial charge on any atom is -0.353 e. The lowest BCUT2D eigenvalue weighted by molar-refractivity contribution is -0.121. The summed E-state index contributed by atoms with van der Waals surface area (Å²) in [6.45, 7) is 2.42. The summed E-state index contributed by atoms with van der Waals surface area (Å²) in [6, 6.07) is 19.8. The molecule has 1 amide bonds. The summed E-state index contributed by atoms with van der Waals surface area (Å²) in [4.78, 5) is 31.0. The normalized spacial score (nSPS) is 14.1. The van der Waals surface area contributed by atoms with Crippen molar-refractivity contribution >= 4 is 11.7 Å². The Morgan fingerprint density at radius 3 is 2.39 bits per heavy atom. The molecule has 2 aromatic carbocycles. The zero-order chi connectivity index (χ0) is 22.8. The molecule has 0 atom stereocenters. The second-order valence-corrected chi connectivity index (χ2v) is 8.68. The number of rotatable bonds is 6. The lowest BCUT2D eigenvalue weighted by Crippen LogP contribution is -2.36. The Morgan fingerprint density at radius 1 is 1.03 bits per heavy atom. The Labute approximate surface area is 192 Å². The van der Waals surface area contributed by atoms with Crippen LogP contribution in [0.15, 0.2) is 65.5 Å². The molecule has 1 saturated carbocycles. The lowest BCUT2D eigenvalue weighted by Gasteiger charge is -2.17. The number of carbonyl (C=O) groups is 1. The molecule has 2 heterocycles. The first-order valence-electron chi connectivity index (χ1n) is 11.5. The maximum atomic E-state index is 13.4. The molecule has 0 radical (unpaired) electrons. The molecule has 0 aliphatic heterocycles. The van der Waals surface area contributed by atoms with Gasteiger partial charge in [0.2, 0.25) is 11.7 Å². The van der Waals surface area contributed by atoms with Crippen LogP contribution in [0.1, 0.15) is 42.5 Å². The highest BCUT2D eigenvalue weighted by molar-refractivity contribution is 5.79. The molecular weight excluding hydrogens is 414 g/mol. The number of aromatic nitrogens is 4. The summed E-state index contributed by atoms with van der Waals surface area (Å²) >= 11 is 0. The van der Waals surface area contributed by atoms with Crippen molar-refractivity contribution in [2.75, 3.05) is 0 Å². The van der Waals surface area contributed by atoms with Gasteiger partial charge in [0, 0.05) is 22.9 Å². The molecule has 0 saturated heterocycles. The van der Waals surface area contributed by atoms with E-state index in [2.05, 4.69) is 10.4 Å². The predicted octanol–water partition coefficient (Wildman–Crippen LogP) is 3.52. The molecule has 1 fully saturated rings. The minimum atomic E-state index is -0.289. The van der Waals surface area contributed by atoms with E-state index in [-0.39, 0.29) is 23.9 Å². The molecule has 33 heavy (non-hydrogen) atoms. The number of carbonyl (C=O) groups excluding carboxylic acids is 1. The van der Waals surface area contributed by atoms with Crippen LogP contribution in [0.25, 0.3) is 17.2 Å². The third-order valence-corrected chi connectivity index (χ3v) is 6.40. The molecule has 7 heteroatoms. The number of benzene rings is 2. The molecule has 168 valence electrons. The summed E-state index contributed by atoms with van der Waals surface area (Å²) in [5, 5.41) is 7.64. The van der Waals surface area contributed by atoms with E-state index < -0.39 is 0 Å². The van der Waals surface area contributed by atoms with Crippen molar-refractivity contribution in [3.8, 4) is 11.4 Å². The first-order valence-corrected chi connectivity index (χ1v) is 11.5. The molecule has 4 aromatic rings. The number of hydrogen-bond acceptors (Lipinski definition) is 4. The van der Waals surface area contributed by atoms with Crippen molar-refractivity contribution in [2.45, 2.75) is 51.6 Å². The largest absolute Gasteiger partial charge is 0.353 e. The third kappa shape index (κ3) is 4.31. The smallest absolute Gasteiger partial charge is 0.279 e. The Morgan fingerprint density at radius 2 is 1.70 bits per heavy atom. The Bertz CT molecular complexity index is 1340. The second-order valence-electron chi connectivity index (χ2n) is 8.68. The van der Waals surface area contributed by atoms with Crippen molar-refractivity contribution in [3.05, 3.63) is 87.8 Å². The molecule has 5 rings (SSSR count). The number of hydrogen-bond donors (Lipinski definition) is 1. The van der Waals surface area contributed by atoms with E-state index in [9.17, 15) is 9.59 Å². The van der Waals surface area contributed by atoms with E-state index in [0.717, 1.165) is 42.5 Å². The van der Waals surface area contributed by atoms with Gasteiger partial charge in [0.15, 0.2) is 5.82 Å². The van der Waals surface area contributed by atoms with E-state index >= 15 is 0 Å². The van der Waals surface area contributed by atoms with Crippen LogP contribution >= 0.6 is 0 Å². The van der Waals surface area contributed by atoms with Crippen LogP contribution in [0.3, 0.4) is 0 Å². The number of amides is 1. The van der Waals surface area contributed by atoms with Gasteiger partial charge in [0.1, 0.15) is 0 Å². The number of nitrogens with zero attached hydrogens (tertiary/aromatic N) is 4. The molecule has 1 aliphatic carbocycles. The number of fused-ring (bicyclic) bond motifs is 1. The van der Waals surface area contributed by atoms with E-state index in [1.165, 1.54) is 4.52 Å². The quantitative estimate of drug-likeness (QED) is 0.496. The van der Waals surface area contributed by atoms with E-state index in [1.807, 2.05) is 72.2 Å². The summed E-state index contributed by atoms with van der Waals surface area (Å²) < 4.78 is 3.32. The van der Waals surface area contributed by atoms with Crippen molar-refractivity contribution in [3.63, 3.8) is 0 Å². The molecule has 1 N–H and O–H groups in total. The minimum absolute atomic E-state index is 0.0342. The summed E-state index contributed by atoms with van der Waals surface area (Å²) in [7, 11) is 0. The average molecular weight is 442 g/mol. The standard InChI is InChI=1S/C26H27N5O2/c1-18-22(16-23(32)27-21-14-8-9-15-21)25(33)31-26(30(18)17-19-10-4-2-5-11-19)28-24(29-31)20-12-6-3-7-13-20/h2-7,10-13,21H,8-9,14-17H2,1H3,(H,27,32). The lowest BCUT2D eigenvalue weighted by atomic mass is 10.1. The fraction of sp³-hybridized carbons (Fsp3) is 0.308. The topological polar surface area (TPSA) is 81.3 Å². The van der Waals surface area contributed by atoms with Gasteiger partial charge in [-0.2, -0.15) is 9.50 Å². The highest BCUT2D eigenvalue weighted by atomic mass is 16.2. The Hall–Kier alpha value is -3.74. The SMILES string of the molecule is Cc1c(CC(=O)NC2CCCC2)c(=O)n2nc(-c3ccccc3)nc2n1Cc1ccccc1. The van der Waals surface area contributed by atoms with E-state index in [1.54, 1.807) is 0 Å². The van der Waals surface area contributed by atoms with Crippen LogP contribution in [-0.2, 0) is 17.8 Å². The van der Waals surface area contributed by atoms with Crippen molar-refractivity contribution in [2.24, 2.45) is 0 Å². The summed E-state index contributed by atoms with van der Waals surface area (Å²) in [5.41, 5.74) is 2.83. The Balaban J connectivity index is 1.60. The highest BCUT2D eigenvalue weighted by Crippen LogP contribution is 2.20. The van der Waals surface area contributed by atoms with Crippen LogP contribution in [-0.4, -0.2) is 31.1 Å². The maximum Gasteiger partial charge on any atom is 0.279 e. The average Bonchev–Trinajstić information content (AvgIpc) is 3.51. The van der Waals surface area contributed by atoms with Crippen molar-refractivity contribution < 1.29 is 4.79 Å². The summed E-state index contributed by atoms with van der Waals surface area (Å²) in [5.74, 6) is 0.845. The summed E-state index contributed by atoms with van der Waals surface area (Å²) in [6.07, 6.45) is 4.32. The molecule has 1 aliphatic rings. The van der Waals surface area contributed by atoms with E-state index in [0.29, 0.717) is 23.7 Å². The first kappa shape index (κ1) is 21.1. The zero-order valence-corrected chi connectivity index (χ0v) is 18.7. The molecule has 0 spiro atoms. The van der Waals surface area contributed by atoms with Crippen LogP contribution in [0, 0.1) is 6.92 Å². The highest BCUT2D eigenvalue weighted by Gasteiger charge is 2.22. The molecule has 2 aromatic heterocycles. The van der Waals surface area contributed by atoms with Crippen molar-refractivity contribution in [1.82, 2.24) is 24.5 Å². The van der Waals surface area contributed by atoms with Crippen LogP contribution in [0.5, 0.6) is 0 Å². The molecule has 0 bridgehead atoms. The molecule has 7 nitrogen and oxygen atoms in total. The van der Waals surface area contributed by atoms with Crippen LogP contribution in [0.4, 0.5) is 0 Å². The molecular formula is C26H27N5O2. The number of nitrogens with one attached hydrogen (secondary N) is 1. The van der Waals surface area contributed by atoms with E-state index in [4.69, 9.17) is 4.98 Å². The van der Waals surface area contributed by atoms with Crippen molar-refractivity contribution in [1.29, 1.82) is 0 Å². The van der Waals surface area contributed by atoms with Gasteiger partial charge < -0.3 is 9.88 Å². The van der Waals surface area contributed by atoms with Crippen LogP contribution < -0.4 is 10.9 Å². The van der Waals surface area contributed by atoms with Gasteiger partial charge in [0.25, 0.3) is 5.56 Å².